The molecule has 0 saturated carbocycles. The first-order valence-electron chi connectivity index (χ1n) is 7.88. The van der Waals surface area contributed by atoms with Crippen LogP contribution in [-0.4, -0.2) is 67.1 Å². The number of carbonyl (C=O) groups excluding carboxylic acids is 1. The van der Waals surface area contributed by atoms with Crippen LogP contribution in [0.25, 0.3) is 0 Å². The highest BCUT2D eigenvalue weighted by atomic mass is 19.4. The molecule has 0 aliphatic carbocycles. The van der Waals surface area contributed by atoms with Crippen molar-refractivity contribution in [3.8, 4) is 0 Å². The van der Waals surface area contributed by atoms with Crippen LogP contribution in [0, 0.1) is 5.92 Å². The molecule has 2 rings (SSSR count). The molecule has 1 aliphatic rings. The van der Waals surface area contributed by atoms with Crippen LogP contribution in [0.2, 0.25) is 0 Å². The fourth-order valence-corrected chi connectivity index (χ4v) is 3.26. The normalized spacial score (nSPS) is 22.1. The predicted molar refractivity (Wildman–Crippen MR) is 84.3 cm³/mol. The molecule has 5 nitrogen and oxygen atoms in total. The third-order valence-corrected chi connectivity index (χ3v) is 4.25. The molecular weight excluding hydrogens is 321 g/mol. The average molecular weight is 344 g/mol. The first-order valence-corrected chi connectivity index (χ1v) is 7.88. The van der Waals surface area contributed by atoms with E-state index in [-0.39, 0.29) is 12.6 Å². The molecule has 0 unspecified atom stereocenters. The molecule has 1 aliphatic heterocycles. The number of pyridine rings is 1. The van der Waals surface area contributed by atoms with Gasteiger partial charge in [0.25, 0.3) is 0 Å². The summed E-state index contributed by atoms with van der Waals surface area (Å²) in [5.41, 5.74) is 1.12. The first-order chi connectivity index (χ1) is 11.3. The van der Waals surface area contributed by atoms with E-state index in [1.807, 2.05) is 30.7 Å². The molecule has 1 aromatic rings. The minimum Gasteiger partial charge on any atom is -0.346 e. The number of aromatic nitrogens is 1. The van der Waals surface area contributed by atoms with Crippen LogP contribution >= 0.6 is 0 Å². The zero-order valence-corrected chi connectivity index (χ0v) is 13.9. The van der Waals surface area contributed by atoms with Gasteiger partial charge in [-0.3, -0.25) is 19.6 Å². The highest BCUT2D eigenvalue weighted by molar-refractivity contribution is 5.78. The average Bonchev–Trinajstić information content (AvgIpc) is 2.86. The number of likely N-dealkylation sites (tertiary alicyclic amines) is 1. The molecule has 1 amide bonds. The Morgan fingerprint density at radius 2 is 2.25 bits per heavy atom. The number of rotatable bonds is 6. The molecule has 2 heterocycles. The molecule has 1 saturated heterocycles. The van der Waals surface area contributed by atoms with Gasteiger partial charge in [0.05, 0.1) is 6.54 Å². The summed E-state index contributed by atoms with van der Waals surface area (Å²) in [6.07, 6.45) is 0.165. The number of nitrogens with zero attached hydrogens (tertiary/aromatic N) is 3. The van der Waals surface area contributed by atoms with Crippen molar-refractivity contribution in [1.82, 2.24) is 20.1 Å². The van der Waals surface area contributed by atoms with E-state index in [2.05, 4.69) is 9.88 Å². The monoisotopic (exact) mass is 344 g/mol. The molecule has 2 atom stereocenters. The third-order valence-electron chi connectivity index (χ3n) is 4.25. The quantitative estimate of drug-likeness (QED) is 0.853. The molecule has 0 aromatic carbocycles. The van der Waals surface area contributed by atoms with Crippen molar-refractivity contribution in [3.05, 3.63) is 30.1 Å². The Balaban J connectivity index is 1.88. The number of nitrogens with one attached hydrogen (secondary N) is 1. The minimum atomic E-state index is -4.38. The first kappa shape index (κ1) is 18.7. The van der Waals surface area contributed by atoms with Crippen LogP contribution in [-0.2, 0) is 4.79 Å². The van der Waals surface area contributed by atoms with Crippen LogP contribution in [0.3, 0.4) is 0 Å². The fourth-order valence-electron chi connectivity index (χ4n) is 3.26. The molecule has 134 valence electrons. The van der Waals surface area contributed by atoms with E-state index < -0.39 is 18.6 Å². The second-order valence-electron chi connectivity index (χ2n) is 6.35. The van der Waals surface area contributed by atoms with Crippen LogP contribution in [0.1, 0.15) is 18.0 Å². The van der Waals surface area contributed by atoms with Crippen LogP contribution in [0.5, 0.6) is 0 Å². The summed E-state index contributed by atoms with van der Waals surface area (Å²) in [4.78, 5) is 19.8. The Hall–Kier alpha value is -1.67. The van der Waals surface area contributed by atoms with Crippen LogP contribution in [0.4, 0.5) is 13.2 Å². The maximum absolute atomic E-state index is 12.1. The van der Waals surface area contributed by atoms with Gasteiger partial charge < -0.3 is 5.32 Å². The summed E-state index contributed by atoms with van der Waals surface area (Å²) in [7, 11) is 3.81. The zero-order chi connectivity index (χ0) is 17.7. The SMILES string of the molecule is CN(CC(=O)NCC(F)(F)F)C[C@@H]1CCN(C)[C@H]1c1cccnc1. The Bertz CT molecular complexity index is 538. The van der Waals surface area contributed by atoms with Gasteiger partial charge in [-0.2, -0.15) is 13.2 Å². The molecule has 24 heavy (non-hydrogen) atoms. The number of hydrogen-bond donors (Lipinski definition) is 1. The van der Waals surface area contributed by atoms with E-state index in [1.54, 1.807) is 18.1 Å². The maximum atomic E-state index is 12.1. The van der Waals surface area contributed by atoms with Crippen molar-refractivity contribution in [3.63, 3.8) is 0 Å². The van der Waals surface area contributed by atoms with Crippen molar-refractivity contribution in [1.29, 1.82) is 0 Å². The smallest absolute Gasteiger partial charge is 0.346 e. The molecular formula is C16H23F3N4O. The van der Waals surface area contributed by atoms with E-state index in [0.29, 0.717) is 12.5 Å². The number of amides is 1. The van der Waals surface area contributed by atoms with Gasteiger partial charge in [-0.1, -0.05) is 6.07 Å². The van der Waals surface area contributed by atoms with Gasteiger partial charge in [-0.05, 0) is 44.6 Å². The van der Waals surface area contributed by atoms with E-state index in [0.717, 1.165) is 18.5 Å². The summed E-state index contributed by atoms with van der Waals surface area (Å²) in [6.45, 7) is 0.252. The van der Waals surface area contributed by atoms with Crippen LogP contribution in [0.15, 0.2) is 24.5 Å². The maximum Gasteiger partial charge on any atom is 0.405 e. The summed E-state index contributed by atoms with van der Waals surface area (Å²) in [6, 6.07) is 4.13. The Morgan fingerprint density at radius 1 is 1.50 bits per heavy atom. The molecule has 0 radical (unpaired) electrons. The standard InChI is InChI=1S/C16H23F3N4O/c1-22(10-14(24)21-11-16(17,18)19)9-13-5-7-23(2)15(13)12-4-3-6-20-8-12/h3-4,6,8,13,15H,5,7,9-11H2,1-2H3,(H,21,24)/t13-,15-/m0/s1. The summed E-state index contributed by atoms with van der Waals surface area (Å²) in [5.74, 6) is -0.307. The summed E-state index contributed by atoms with van der Waals surface area (Å²) >= 11 is 0. The lowest BCUT2D eigenvalue weighted by molar-refractivity contribution is -0.138. The lowest BCUT2D eigenvalue weighted by Gasteiger charge is -2.28. The summed E-state index contributed by atoms with van der Waals surface area (Å²) < 4.78 is 36.4. The zero-order valence-electron chi connectivity index (χ0n) is 13.9. The van der Waals surface area contributed by atoms with Crippen molar-refractivity contribution >= 4 is 5.91 Å². The topological polar surface area (TPSA) is 48.5 Å². The van der Waals surface area contributed by atoms with E-state index in [4.69, 9.17) is 0 Å². The predicted octanol–water partition coefficient (Wildman–Crippen LogP) is 1.68. The van der Waals surface area contributed by atoms with Gasteiger partial charge in [0.2, 0.25) is 5.91 Å². The van der Waals surface area contributed by atoms with Gasteiger partial charge in [0.15, 0.2) is 0 Å². The van der Waals surface area contributed by atoms with Crippen LogP contribution < -0.4 is 5.32 Å². The number of carbonyl (C=O) groups is 1. The largest absolute Gasteiger partial charge is 0.405 e. The Labute approximate surface area is 139 Å². The van der Waals surface area contributed by atoms with E-state index in [1.165, 1.54) is 0 Å². The van der Waals surface area contributed by atoms with Gasteiger partial charge in [0, 0.05) is 25.0 Å². The molecule has 1 aromatic heterocycles. The Kier molecular flexibility index (Phi) is 6.17. The number of alkyl halides is 3. The Morgan fingerprint density at radius 3 is 2.88 bits per heavy atom. The number of halogens is 3. The van der Waals surface area contributed by atoms with Gasteiger partial charge in [0.1, 0.15) is 6.54 Å². The van der Waals surface area contributed by atoms with Gasteiger partial charge >= 0.3 is 6.18 Å². The van der Waals surface area contributed by atoms with Crippen molar-refractivity contribution < 1.29 is 18.0 Å². The van der Waals surface area contributed by atoms with Crippen molar-refractivity contribution in [2.75, 3.05) is 40.3 Å². The lowest BCUT2D eigenvalue weighted by Crippen LogP contribution is -2.41. The highest BCUT2D eigenvalue weighted by Gasteiger charge is 2.34. The third kappa shape index (κ3) is 5.45. The van der Waals surface area contributed by atoms with Gasteiger partial charge in [-0.25, -0.2) is 0 Å². The summed E-state index contributed by atoms with van der Waals surface area (Å²) in [5, 5.41) is 1.90. The number of likely N-dealkylation sites (N-methyl/N-ethyl adjacent to an activating group) is 1. The number of hydrogen-bond acceptors (Lipinski definition) is 4. The molecule has 0 bridgehead atoms. The van der Waals surface area contributed by atoms with E-state index in [9.17, 15) is 18.0 Å². The molecule has 0 spiro atoms. The fraction of sp³-hybridized carbons (Fsp3) is 0.625. The van der Waals surface area contributed by atoms with E-state index >= 15 is 0 Å². The molecule has 1 fully saturated rings. The minimum absolute atomic E-state index is 0.0456. The highest BCUT2D eigenvalue weighted by Crippen LogP contribution is 2.35. The second-order valence-corrected chi connectivity index (χ2v) is 6.35. The van der Waals surface area contributed by atoms with Gasteiger partial charge in [-0.15, -0.1) is 0 Å². The lowest BCUT2D eigenvalue weighted by atomic mass is 9.94. The second kappa shape index (κ2) is 7.94. The molecule has 1 N–H and O–H groups in total. The molecule has 8 heteroatoms. The van der Waals surface area contributed by atoms with Crippen molar-refractivity contribution in [2.45, 2.75) is 18.6 Å². The van der Waals surface area contributed by atoms with Crippen molar-refractivity contribution in [2.24, 2.45) is 5.92 Å².